The van der Waals surface area contributed by atoms with Gasteiger partial charge in [0.05, 0.1) is 0 Å². The van der Waals surface area contributed by atoms with Crippen LogP contribution in [0.25, 0.3) is 0 Å². The number of urea groups is 1. The second-order valence-electron chi connectivity index (χ2n) is 4.67. The van der Waals surface area contributed by atoms with Gasteiger partial charge in [0.25, 0.3) is 0 Å². The number of nitrogens with one attached hydrogen (secondary N) is 2. The molecule has 2 N–H and O–H groups in total. The van der Waals surface area contributed by atoms with Crippen molar-refractivity contribution in [1.29, 1.82) is 0 Å². The topological polar surface area (TPSA) is 50.4 Å². The van der Waals surface area contributed by atoms with Crippen molar-refractivity contribution in [3.05, 3.63) is 59.4 Å². The first-order valence-electron chi connectivity index (χ1n) is 6.55. The Hall–Kier alpha value is -2.56. The molecule has 0 aliphatic heterocycles. The molecule has 2 rings (SSSR count). The van der Waals surface area contributed by atoms with Gasteiger partial charge in [-0.1, -0.05) is 6.07 Å². The lowest BCUT2D eigenvalue weighted by atomic mass is 10.1. The summed E-state index contributed by atoms with van der Waals surface area (Å²) in [5.41, 5.74) is 2.83. The molecule has 0 fully saturated rings. The summed E-state index contributed by atoms with van der Waals surface area (Å²) in [6.07, 6.45) is 0. The second-order valence-corrected chi connectivity index (χ2v) is 4.67. The molecule has 0 saturated carbocycles. The summed E-state index contributed by atoms with van der Waals surface area (Å²) in [5, 5.41) is 5.14. The lowest BCUT2D eigenvalue weighted by Gasteiger charge is -2.10. The molecule has 0 aromatic heterocycles. The van der Waals surface area contributed by atoms with Gasteiger partial charge in [0.2, 0.25) is 0 Å². The maximum absolute atomic E-state index is 12.7. The fraction of sp³-hybridized carbons (Fsp3) is 0.188. The highest BCUT2D eigenvalue weighted by molar-refractivity contribution is 5.89. The summed E-state index contributed by atoms with van der Waals surface area (Å²) in [5.74, 6) is 0.346. The molecule has 5 heteroatoms. The zero-order valence-electron chi connectivity index (χ0n) is 11.9. The smallest absolute Gasteiger partial charge is 0.321 e. The van der Waals surface area contributed by atoms with Crippen molar-refractivity contribution in [2.24, 2.45) is 0 Å². The van der Waals surface area contributed by atoms with Gasteiger partial charge in [0.15, 0.2) is 6.73 Å². The first kappa shape index (κ1) is 14.8. The Balaban J connectivity index is 1.78. The third-order valence-corrected chi connectivity index (χ3v) is 3.05. The number of hydrogen-bond donors (Lipinski definition) is 2. The molecule has 0 spiro atoms. The molecule has 0 unspecified atom stereocenters. The number of hydrogen-bond acceptors (Lipinski definition) is 2. The van der Waals surface area contributed by atoms with Crippen LogP contribution in [0.3, 0.4) is 0 Å². The predicted molar refractivity (Wildman–Crippen MR) is 80.0 cm³/mol. The first-order valence-corrected chi connectivity index (χ1v) is 6.55. The summed E-state index contributed by atoms with van der Waals surface area (Å²) >= 11 is 0. The van der Waals surface area contributed by atoms with Gasteiger partial charge < -0.3 is 15.4 Å². The van der Waals surface area contributed by atoms with Crippen LogP contribution in [0.1, 0.15) is 11.1 Å². The molecule has 0 radical (unpaired) electrons. The molecule has 2 aromatic carbocycles. The number of rotatable bonds is 4. The van der Waals surface area contributed by atoms with E-state index in [1.54, 1.807) is 0 Å². The normalized spacial score (nSPS) is 10.0. The van der Waals surface area contributed by atoms with Crippen LogP contribution < -0.4 is 15.4 Å². The van der Waals surface area contributed by atoms with Crippen molar-refractivity contribution in [3.8, 4) is 5.75 Å². The van der Waals surface area contributed by atoms with Gasteiger partial charge in [-0.25, -0.2) is 9.18 Å². The van der Waals surface area contributed by atoms with E-state index in [1.807, 2.05) is 32.0 Å². The van der Waals surface area contributed by atoms with Crippen LogP contribution in [-0.4, -0.2) is 12.8 Å². The van der Waals surface area contributed by atoms with Crippen molar-refractivity contribution in [1.82, 2.24) is 5.32 Å². The Morgan fingerprint density at radius 1 is 1.10 bits per heavy atom. The van der Waals surface area contributed by atoms with Gasteiger partial charge in [-0.3, -0.25) is 0 Å². The summed E-state index contributed by atoms with van der Waals surface area (Å²) in [6, 6.07) is 10.8. The van der Waals surface area contributed by atoms with Gasteiger partial charge in [0, 0.05) is 5.69 Å². The van der Waals surface area contributed by atoms with E-state index in [0.29, 0.717) is 11.4 Å². The fourth-order valence-electron chi connectivity index (χ4n) is 1.70. The molecule has 0 atom stereocenters. The number of ether oxygens (including phenoxy) is 1. The summed E-state index contributed by atoms with van der Waals surface area (Å²) < 4.78 is 18.2. The second kappa shape index (κ2) is 6.74. The largest absolute Gasteiger partial charge is 0.473 e. The number of benzene rings is 2. The first-order chi connectivity index (χ1) is 10.0. The van der Waals surface area contributed by atoms with E-state index in [9.17, 15) is 9.18 Å². The molecule has 0 saturated heterocycles. The van der Waals surface area contributed by atoms with Gasteiger partial charge in [-0.15, -0.1) is 0 Å². The maximum atomic E-state index is 12.7. The van der Waals surface area contributed by atoms with Gasteiger partial charge in [-0.2, -0.15) is 0 Å². The minimum atomic E-state index is -0.412. The Morgan fingerprint density at radius 3 is 2.48 bits per heavy atom. The average Bonchev–Trinajstić information content (AvgIpc) is 2.45. The van der Waals surface area contributed by atoms with Crippen molar-refractivity contribution in [2.75, 3.05) is 12.0 Å². The van der Waals surface area contributed by atoms with E-state index < -0.39 is 6.03 Å². The lowest BCUT2D eigenvalue weighted by Crippen LogP contribution is -2.32. The third-order valence-electron chi connectivity index (χ3n) is 3.05. The molecular formula is C16H17FN2O2. The van der Waals surface area contributed by atoms with Gasteiger partial charge >= 0.3 is 6.03 Å². The minimum absolute atomic E-state index is 0.0511. The molecule has 2 amide bonds. The monoisotopic (exact) mass is 288 g/mol. The highest BCUT2D eigenvalue weighted by atomic mass is 19.1. The zero-order chi connectivity index (χ0) is 15.2. The van der Waals surface area contributed by atoms with E-state index in [2.05, 4.69) is 10.6 Å². The Labute approximate surface area is 122 Å². The van der Waals surface area contributed by atoms with Crippen LogP contribution in [0.2, 0.25) is 0 Å². The van der Waals surface area contributed by atoms with E-state index in [0.717, 1.165) is 5.56 Å². The van der Waals surface area contributed by atoms with Gasteiger partial charge in [-0.05, 0) is 61.4 Å². The van der Waals surface area contributed by atoms with Crippen LogP contribution in [0, 0.1) is 19.7 Å². The Bertz CT molecular complexity index is 627. The Kier molecular flexibility index (Phi) is 4.77. The standard InChI is InChI=1S/C16H17FN2O2/c1-11-3-8-15(9-12(11)2)21-10-18-16(20)19-14-6-4-13(17)5-7-14/h3-9H,10H2,1-2H3,(H2,18,19,20). The van der Waals surface area contributed by atoms with Crippen molar-refractivity contribution in [2.45, 2.75) is 13.8 Å². The minimum Gasteiger partial charge on any atom is -0.473 e. The van der Waals surface area contributed by atoms with E-state index in [4.69, 9.17) is 4.74 Å². The molecule has 0 aliphatic carbocycles. The predicted octanol–water partition coefficient (Wildman–Crippen LogP) is 3.60. The van der Waals surface area contributed by atoms with E-state index in [1.165, 1.54) is 29.8 Å². The molecule has 21 heavy (non-hydrogen) atoms. The number of amides is 2. The molecule has 0 bridgehead atoms. The maximum Gasteiger partial charge on any atom is 0.321 e. The highest BCUT2D eigenvalue weighted by Gasteiger charge is 2.02. The zero-order valence-corrected chi connectivity index (χ0v) is 11.9. The average molecular weight is 288 g/mol. The molecular weight excluding hydrogens is 271 g/mol. The Morgan fingerprint density at radius 2 is 1.81 bits per heavy atom. The van der Waals surface area contributed by atoms with Crippen molar-refractivity contribution >= 4 is 11.7 Å². The van der Waals surface area contributed by atoms with Crippen LogP contribution in [0.15, 0.2) is 42.5 Å². The lowest BCUT2D eigenvalue weighted by molar-refractivity contribution is 0.234. The highest BCUT2D eigenvalue weighted by Crippen LogP contribution is 2.16. The summed E-state index contributed by atoms with van der Waals surface area (Å²) in [7, 11) is 0. The van der Waals surface area contributed by atoms with E-state index in [-0.39, 0.29) is 12.5 Å². The fourth-order valence-corrected chi connectivity index (χ4v) is 1.70. The number of carbonyl (C=O) groups excluding carboxylic acids is 1. The third kappa shape index (κ3) is 4.49. The van der Waals surface area contributed by atoms with Crippen LogP contribution in [0.5, 0.6) is 5.75 Å². The number of carbonyl (C=O) groups is 1. The number of anilines is 1. The molecule has 2 aromatic rings. The molecule has 0 aliphatic rings. The molecule has 110 valence electrons. The van der Waals surface area contributed by atoms with Crippen molar-refractivity contribution < 1.29 is 13.9 Å². The van der Waals surface area contributed by atoms with E-state index >= 15 is 0 Å². The molecule has 0 heterocycles. The summed E-state index contributed by atoms with van der Waals surface area (Å²) in [6.45, 7) is 4.07. The van der Waals surface area contributed by atoms with Crippen molar-refractivity contribution in [3.63, 3.8) is 0 Å². The van der Waals surface area contributed by atoms with Gasteiger partial charge in [0.1, 0.15) is 11.6 Å². The number of halogens is 1. The quantitative estimate of drug-likeness (QED) is 0.845. The van der Waals surface area contributed by atoms with Crippen LogP contribution >= 0.6 is 0 Å². The summed E-state index contributed by atoms with van der Waals surface area (Å²) in [4.78, 5) is 11.6. The number of aryl methyl sites for hydroxylation is 2. The molecule has 4 nitrogen and oxygen atoms in total. The van der Waals surface area contributed by atoms with Crippen LogP contribution in [0.4, 0.5) is 14.9 Å². The SMILES string of the molecule is Cc1ccc(OCNC(=O)Nc2ccc(F)cc2)cc1C. The van der Waals surface area contributed by atoms with Crippen LogP contribution in [-0.2, 0) is 0 Å².